The highest BCUT2D eigenvalue weighted by molar-refractivity contribution is 5.75. The number of amides is 2. The summed E-state index contributed by atoms with van der Waals surface area (Å²) >= 11 is 0. The topological polar surface area (TPSA) is 87.7 Å². The fourth-order valence-electron chi connectivity index (χ4n) is 1.59. The minimum Gasteiger partial charge on any atom is -0.481 e. The minimum absolute atomic E-state index is 0.0683. The molecule has 1 rings (SSSR count). The van der Waals surface area contributed by atoms with Crippen molar-refractivity contribution in [2.75, 3.05) is 19.7 Å². The highest BCUT2D eigenvalue weighted by atomic mass is 16.5. The van der Waals surface area contributed by atoms with E-state index in [0.717, 1.165) is 19.4 Å². The second-order valence-corrected chi connectivity index (χ2v) is 4.16. The summed E-state index contributed by atoms with van der Waals surface area (Å²) in [4.78, 5) is 21.5. The quantitative estimate of drug-likeness (QED) is 0.635. The highest BCUT2D eigenvalue weighted by Gasteiger charge is 2.29. The van der Waals surface area contributed by atoms with Gasteiger partial charge in [0.25, 0.3) is 0 Å². The van der Waals surface area contributed by atoms with Gasteiger partial charge in [0.15, 0.2) is 0 Å². The molecule has 1 unspecified atom stereocenters. The summed E-state index contributed by atoms with van der Waals surface area (Å²) in [5, 5.41) is 13.5. The summed E-state index contributed by atoms with van der Waals surface area (Å²) < 4.78 is 5.50. The van der Waals surface area contributed by atoms with Crippen LogP contribution in [0.3, 0.4) is 0 Å². The number of ether oxygens (including phenoxy) is 1. The number of carbonyl (C=O) groups excluding carboxylic acids is 1. The van der Waals surface area contributed by atoms with Crippen molar-refractivity contribution in [3.8, 4) is 0 Å². The predicted molar refractivity (Wildman–Crippen MR) is 57.2 cm³/mol. The number of rotatable bonds is 5. The van der Waals surface area contributed by atoms with Gasteiger partial charge in [-0.15, -0.1) is 0 Å². The van der Waals surface area contributed by atoms with Crippen molar-refractivity contribution in [2.45, 2.75) is 31.8 Å². The molecule has 92 valence electrons. The lowest BCUT2D eigenvalue weighted by atomic mass is 10.0. The molecule has 1 aliphatic rings. The largest absolute Gasteiger partial charge is 0.481 e. The van der Waals surface area contributed by atoms with Crippen LogP contribution in [0, 0.1) is 0 Å². The molecule has 1 aliphatic heterocycles. The second-order valence-electron chi connectivity index (χ2n) is 4.16. The summed E-state index contributed by atoms with van der Waals surface area (Å²) in [6, 6.07) is -0.349. The number of nitrogens with one attached hydrogen (secondary N) is 2. The molecule has 1 heterocycles. The van der Waals surface area contributed by atoms with Crippen molar-refractivity contribution < 1.29 is 19.4 Å². The van der Waals surface area contributed by atoms with Crippen LogP contribution in [0.4, 0.5) is 4.79 Å². The van der Waals surface area contributed by atoms with Crippen LogP contribution in [0.1, 0.15) is 26.2 Å². The van der Waals surface area contributed by atoms with Crippen LogP contribution >= 0.6 is 0 Å². The first kappa shape index (κ1) is 12.8. The minimum atomic E-state index is -0.925. The van der Waals surface area contributed by atoms with Gasteiger partial charge in [0.2, 0.25) is 0 Å². The molecule has 6 heteroatoms. The third-order valence-electron chi connectivity index (χ3n) is 2.55. The van der Waals surface area contributed by atoms with Crippen LogP contribution in [0.25, 0.3) is 0 Å². The van der Waals surface area contributed by atoms with E-state index >= 15 is 0 Å². The fraction of sp³-hybridized carbons (Fsp3) is 0.800. The van der Waals surface area contributed by atoms with E-state index in [4.69, 9.17) is 9.84 Å². The first-order valence-corrected chi connectivity index (χ1v) is 5.39. The SMILES string of the molecule is CC1(CNC(=O)NCCC(=O)O)CCCO1. The Kier molecular flexibility index (Phi) is 4.54. The summed E-state index contributed by atoms with van der Waals surface area (Å²) in [6.45, 7) is 3.28. The molecule has 2 amide bonds. The van der Waals surface area contributed by atoms with Gasteiger partial charge in [0.1, 0.15) is 0 Å². The van der Waals surface area contributed by atoms with Gasteiger partial charge in [0, 0.05) is 19.7 Å². The molecule has 0 aromatic rings. The Hall–Kier alpha value is -1.30. The van der Waals surface area contributed by atoms with Crippen LogP contribution in [0.15, 0.2) is 0 Å². The van der Waals surface area contributed by atoms with Crippen molar-refractivity contribution in [1.29, 1.82) is 0 Å². The average Bonchev–Trinajstić information content (AvgIpc) is 2.62. The van der Waals surface area contributed by atoms with Gasteiger partial charge >= 0.3 is 12.0 Å². The van der Waals surface area contributed by atoms with Gasteiger partial charge in [-0.05, 0) is 19.8 Å². The smallest absolute Gasteiger partial charge is 0.314 e. The van der Waals surface area contributed by atoms with E-state index < -0.39 is 5.97 Å². The van der Waals surface area contributed by atoms with Crippen molar-refractivity contribution in [3.05, 3.63) is 0 Å². The Morgan fingerprint density at radius 2 is 2.19 bits per heavy atom. The van der Waals surface area contributed by atoms with Crippen molar-refractivity contribution in [3.63, 3.8) is 0 Å². The van der Waals surface area contributed by atoms with Crippen LogP contribution in [-0.4, -0.2) is 42.4 Å². The average molecular weight is 230 g/mol. The van der Waals surface area contributed by atoms with Gasteiger partial charge in [-0.3, -0.25) is 4.79 Å². The van der Waals surface area contributed by atoms with Gasteiger partial charge in [-0.2, -0.15) is 0 Å². The van der Waals surface area contributed by atoms with Crippen LogP contribution in [-0.2, 0) is 9.53 Å². The number of carboxylic acid groups (broad SMARTS) is 1. The molecule has 0 bridgehead atoms. The van der Waals surface area contributed by atoms with Crippen LogP contribution < -0.4 is 10.6 Å². The molecule has 0 radical (unpaired) electrons. The van der Waals surface area contributed by atoms with Crippen molar-refractivity contribution in [1.82, 2.24) is 10.6 Å². The molecular weight excluding hydrogens is 212 g/mol. The van der Waals surface area contributed by atoms with E-state index in [1.54, 1.807) is 0 Å². The maximum atomic E-state index is 11.3. The number of carboxylic acids is 1. The Balaban J connectivity index is 2.12. The molecule has 1 saturated heterocycles. The van der Waals surface area contributed by atoms with E-state index in [0.29, 0.717) is 6.54 Å². The first-order chi connectivity index (χ1) is 7.52. The first-order valence-electron chi connectivity index (χ1n) is 5.39. The van der Waals surface area contributed by atoms with E-state index in [1.165, 1.54) is 0 Å². The van der Waals surface area contributed by atoms with Gasteiger partial charge in [-0.25, -0.2) is 4.79 Å². The van der Waals surface area contributed by atoms with E-state index in [2.05, 4.69) is 10.6 Å². The Morgan fingerprint density at radius 1 is 1.44 bits per heavy atom. The van der Waals surface area contributed by atoms with Gasteiger partial charge < -0.3 is 20.5 Å². The maximum absolute atomic E-state index is 11.3. The highest BCUT2D eigenvalue weighted by Crippen LogP contribution is 2.23. The molecule has 0 spiro atoms. The molecule has 3 N–H and O–H groups in total. The summed E-state index contributed by atoms with van der Waals surface area (Å²) in [5.41, 5.74) is -0.274. The van der Waals surface area contributed by atoms with Gasteiger partial charge in [0.05, 0.1) is 12.0 Å². The van der Waals surface area contributed by atoms with Crippen molar-refractivity contribution >= 4 is 12.0 Å². The molecule has 1 fully saturated rings. The predicted octanol–water partition coefficient (Wildman–Crippen LogP) is 0.329. The Labute approximate surface area is 94.3 Å². The lowest BCUT2D eigenvalue weighted by Crippen LogP contribution is -2.44. The third kappa shape index (κ3) is 4.48. The Bertz CT molecular complexity index is 262. The van der Waals surface area contributed by atoms with E-state index in [-0.39, 0.29) is 24.6 Å². The standard InChI is InChI=1S/C10H18N2O4/c1-10(4-2-6-16-10)7-12-9(15)11-5-3-8(13)14/h2-7H2,1H3,(H,13,14)(H2,11,12,15). The zero-order valence-corrected chi connectivity index (χ0v) is 9.41. The monoisotopic (exact) mass is 230 g/mol. The normalized spacial score (nSPS) is 24.1. The molecule has 0 aromatic carbocycles. The summed E-state index contributed by atoms with van der Waals surface area (Å²) in [6.07, 6.45) is 1.88. The van der Waals surface area contributed by atoms with Crippen LogP contribution in [0.2, 0.25) is 0 Å². The number of urea groups is 1. The summed E-state index contributed by atoms with van der Waals surface area (Å²) in [7, 11) is 0. The van der Waals surface area contributed by atoms with Crippen LogP contribution in [0.5, 0.6) is 0 Å². The maximum Gasteiger partial charge on any atom is 0.314 e. The fourth-order valence-corrected chi connectivity index (χ4v) is 1.59. The summed E-state index contributed by atoms with van der Waals surface area (Å²) in [5.74, 6) is -0.925. The van der Waals surface area contributed by atoms with Crippen molar-refractivity contribution in [2.24, 2.45) is 0 Å². The zero-order valence-electron chi connectivity index (χ0n) is 9.41. The number of carbonyl (C=O) groups is 2. The number of aliphatic carboxylic acids is 1. The third-order valence-corrected chi connectivity index (χ3v) is 2.55. The molecule has 16 heavy (non-hydrogen) atoms. The lowest BCUT2D eigenvalue weighted by molar-refractivity contribution is -0.136. The van der Waals surface area contributed by atoms with E-state index in [1.807, 2.05) is 6.92 Å². The molecule has 1 atom stereocenters. The Morgan fingerprint density at radius 3 is 2.75 bits per heavy atom. The second kappa shape index (κ2) is 5.69. The molecule has 0 aliphatic carbocycles. The molecular formula is C10H18N2O4. The van der Waals surface area contributed by atoms with E-state index in [9.17, 15) is 9.59 Å². The number of hydrogen-bond donors (Lipinski definition) is 3. The number of hydrogen-bond acceptors (Lipinski definition) is 3. The zero-order chi connectivity index (χ0) is 12.0. The van der Waals surface area contributed by atoms with Gasteiger partial charge in [-0.1, -0.05) is 0 Å². The molecule has 0 saturated carbocycles. The lowest BCUT2D eigenvalue weighted by Gasteiger charge is -2.23. The molecule has 6 nitrogen and oxygen atoms in total. The molecule has 0 aromatic heterocycles.